The van der Waals surface area contributed by atoms with Crippen LogP contribution in [-0.4, -0.2) is 46.6 Å². The van der Waals surface area contributed by atoms with Gasteiger partial charge in [0, 0.05) is 47.7 Å². The Bertz CT molecular complexity index is 1070. The molecule has 6 nitrogen and oxygen atoms in total. The SMILES string of the molecule is Cc1nnc(N2CCN(c3nnc(C)c4ccccc34)CC2)c2ccccc12. The van der Waals surface area contributed by atoms with Crippen molar-refractivity contribution in [1.29, 1.82) is 0 Å². The first-order valence-corrected chi connectivity index (χ1v) is 9.66. The minimum atomic E-state index is 0.881. The van der Waals surface area contributed by atoms with Crippen LogP contribution in [0.4, 0.5) is 11.6 Å². The summed E-state index contributed by atoms with van der Waals surface area (Å²) in [6, 6.07) is 16.8. The summed E-state index contributed by atoms with van der Waals surface area (Å²) >= 11 is 0. The second-order valence-corrected chi connectivity index (χ2v) is 7.28. The van der Waals surface area contributed by atoms with Gasteiger partial charge in [-0.1, -0.05) is 48.5 Å². The van der Waals surface area contributed by atoms with Crippen molar-refractivity contribution < 1.29 is 0 Å². The number of hydrogen-bond acceptors (Lipinski definition) is 6. The molecule has 0 bridgehead atoms. The van der Waals surface area contributed by atoms with Gasteiger partial charge in [0.05, 0.1) is 11.4 Å². The van der Waals surface area contributed by atoms with Crippen molar-refractivity contribution in [2.75, 3.05) is 36.0 Å². The molecule has 0 amide bonds. The first-order chi connectivity index (χ1) is 13.7. The molecule has 0 unspecified atom stereocenters. The number of aryl methyl sites for hydroxylation is 2. The number of piperazine rings is 1. The summed E-state index contributed by atoms with van der Waals surface area (Å²) in [5.74, 6) is 1.95. The van der Waals surface area contributed by atoms with Gasteiger partial charge < -0.3 is 9.80 Å². The van der Waals surface area contributed by atoms with Crippen molar-refractivity contribution in [2.45, 2.75) is 13.8 Å². The second-order valence-electron chi connectivity index (χ2n) is 7.28. The molecule has 0 saturated carbocycles. The van der Waals surface area contributed by atoms with Gasteiger partial charge in [-0.05, 0) is 13.8 Å². The molecule has 0 aliphatic carbocycles. The Balaban J connectivity index is 1.44. The monoisotopic (exact) mass is 370 g/mol. The Kier molecular flexibility index (Phi) is 4.04. The van der Waals surface area contributed by atoms with Crippen LogP contribution in [0.3, 0.4) is 0 Å². The van der Waals surface area contributed by atoms with E-state index in [-0.39, 0.29) is 0 Å². The molecule has 2 aromatic carbocycles. The molecule has 140 valence electrons. The predicted molar refractivity (Wildman–Crippen MR) is 113 cm³/mol. The average molecular weight is 370 g/mol. The van der Waals surface area contributed by atoms with E-state index in [0.29, 0.717) is 0 Å². The van der Waals surface area contributed by atoms with Crippen LogP contribution in [0.25, 0.3) is 21.5 Å². The molecule has 2 aromatic heterocycles. The van der Waals surface area contributed by atoms with Gasteiger partial charge in [0.25, 0.3) is 0 Å². The van der Waals surface area contributed by atoms with E-state index in [1.54, 1.807) is 0 Å². The third-order valence-corrected chi connectivity index (χ3v) is 5.58. The summed E-state index contributed by atoms with van der Waals surface area (Å²) in [6.45, 7) is 7.55. The number of anilines is 2. The van der Waals surface area contributed by atoms with E-state index in [9.17, 15) is 0 Å². The molecular formula is C22H22N6. The Hall–Kier alpha value is -3.28. The van der Waals surface area contributed by atoms with Crippen LogP contribution >= 0.6 is 0 Å². The number of aromatic nitrogens is 4. The maximum Gasteiger partial charge on any atom is 0.159 e. The van der Waals surface area contributed by atoms with Gasteiger partial charge in [-0.15, -0.1) is 10.2 Å². The van der Waals surface area contributed by atoms with Gasteiger partial charge in [0.1, 0.15) is 0 Å². The highest BCUT2D eigenvalue weighted by Gasteiger charge is 2.23. The topological polar surface area (TPSA) is 58.0 Å². The smallest absolute Gasteiger partial charge is 0.159 e. The number of nitrogens with zero attached hydrogens (tertiary/aromatic N) is 6. The van der Waals surface area contributed by atoms with Crippen molar-refractivity contribution in [3.05, 3.63) is 59.9 Å². The van der Waals surface area contributed by atoms with Crippen molar-refractivity contribution in [1.82, 2.24) is 20.4 Å². The fourth-order valence-electron chi connectivity index (χ4n) is 4.04. The molecule has 28 heavy (non-hydrogen) atoms. The zero-order chi connectivity index (χ0) is 19.1. The lowest BCUT2D eigenvalue weighted by Gasteiger charge is -2.36. The molecule has 3 heterocycles. The zero-order valence-electron chi connectivity index (χ0n) is 16.1. The van der Waals surface area contributed by atoms with E-state index in [2.05, 4.69) is 78.7 Å². The lowest BCUT2D eigenvalue weighted by Crippen LogP contribution is -2.47. The quantitative estimate of drug-likeness (QED) is 0.538. The lowest BCUT2D eigenvalue weighted by molar-refractivity contribution is 0.638. The minimum Gasteiger partial charge on any atom is -0.351 e. The van der Waals surface area contributed by atoms with Gasteiger partial charge in [-0.2, -0.15) is 10.2 Å². The molecule has 1 aliphatic rings. The predicted octanol–water partition coefficient (Wildman–Crippen LogP) is 3.52. The molecule has 0 spiro atoms. The van der Waals surface area contributed by atoms with Crippen LogP contribution in [0.2, 0.25) is 0 Å². The molecular weight excluding hydrogens is 348 g/mol. The number of benzene rings is 2. The normalized spacial score (nSPS) is 14.8. The summed E-state index contributed by atoms with van der Waals surface area (Å²) < 4.78 is 0. The Labute approximate surface area is 163 Å². The lowest BCUT2D eigenvalue weighted by atomic mass is 10.1. The van der Waals surface area contributed by atoms with Crippen molar-refractivity contribution in [2.24, 2.45) is 0 Å². The van der Waals surface area contributed by atoms with Gasteiger partial charge >= 0.3 is 0 Å². The van der Waals surface area contributed by atoms with Crippen LogP contribution in [0.5, 0.6) is 0 Å². The average Bonchev–Trinajstić information content (AvgIpc) is 2.75. The second kappa shape index (κ2) is 6.71. The molecule has 1 aliphatic heterocycles. The van der Waals surface area contributed by atoms with E-state index < -0.39 is 0 Å². The molecule has 0 N–H and O–H groups in total. The summed E-state index contributed by atoms with van der Waals surface area (Å²) in [6.07, 6.45) is 0. The third kappa shape index (κ3) is 2.72. The number of fused-ring (bicyclic) bond motifs is 2. The van der Waals surface area contributed by atoms with Gasteiger partial charge in [0.15, 0.2) is 11.6 Å². The molecule has 6 heteroatoms. The Morgan fingerprint density at radius 2 is 0.893 bits per heavy atom. The zero-order valence-corrected chi connectivity index (χ0v) is 16.1. The van der Waals surface area contributed by atoms with Crippen molar-refractivity contribution in [3.63, 3.8) is 0 Å². The maximum absolute atomic E-state index is 4.52. The van der Waals surface area contributed by atoms with Gasteiger partial charge in [-0.3, -0.25) is 0 Å². The molecule has 0 radical (unpaired) electrons. The van der Waals surface area contributed by atoms with Crippen molar-refractivity contribution in [3.8, 4) is 0 Å². The highest BCUT2D eigenvalue weighted by Crippen LogP contribution is 2.29. The molecule has 1 saturated heterocycles. The van der Waals surface area contributed by atoms with Crippen molar-refractivity contribution >= 4 is 33.2 Å². The van der Waals surface area contributed by atoms with Gasteiger partial charge in [0.2, 0.25) is 0 Å². The minimum absolute atomic E-state index is 0.881. The van der Waals surface area contributed by atoms with E-state index in [4.69, 9.17) is 0 Å². The molecule has 4 aromatic rings. The standard InChI is InChI=1S/C22H22N6/c1-15-17-7-3-5-9-19(17)21(25-23-15)27-11-13-28(14-12-27)22-20-10-6-4-8-18(20)16(2)24-26-22/h3-10H,11-14H2,1-2H3. The Morgan fingerprint density at radius 3 is 1.29 bits per heavy atom. The first kappa shape index (κ1) is 16.9. The van der Waals surface area contributed by atoms with E-state index in [0.717, 1.165) is 49.2 Å². The highest BCUT2D eigenvalue weighted by molar-refractivity contribution is 5.94. The largest absolute Gasteiger partial charge is 0.351 e. The molecule has 1 fully saturated rings. The van der Waals surface area contributed by atoms with E-state index in [1.165, 1.54) is 21.5 Å². The summed E-state index contributed by atoms with van der Waals surface area (Å²) in [5.41, 5.74) is 1.94. The fourth-order valence-corrected chi connectivity index (χ4v) is 4.04. The van der Waals surface area contributed by atoms with Crippen LogP contribution in [0.1, 0.15) is 11.4 Å². The Morgan fingerprint density at radius 1 is 0.536 bits per heavy atom. The first-order valence-electron chi connectivity index (χ1n) is 9.66. The van der Waals surface area contributed by atoms with E-state index in [1.807, 2.05) is 13.8 Å². The summed E-state index contributed by atoms with van der Waals surface area (Å²) in [4.78, 5) is 4.66. The van der Waals surface area contributed by atoms with E-state index >= 15 is 0 Å². The fraction of sp³-hybridized carbons (Fsp3) is 0.273. The van der Waals surface area contributed by atoms with Gasteiger partial charge in [-0.25, -0.2) is 0 Å². The number of rotatable bonds is 2. The van der Waals surface area contributed by atoms with Crippen LogP contribution < -0.4 is 9.80 Å². The van der Waals surface area contributed by atoms with Crippen LogP contribution in [0.15, 0.2) is 48.5 Å². The summed E-state index contributed by atoms with van der Waals surface area (Å²) in [5, 5.41) is 22.5. The molecule has 5 rings (SSSR count). The number of hydrogen-bond donors (Lipinski definition) is 0. The maximum atomic E-state index is 4.52. The summed E-state index contributed by atoms with van der Waals surface area (Å²) in [7, 11) is 0. The van der Waals surface area contributed by atoms with Crippen LogP contribution in [-0.2, 0) is 0 Å². The van der Waals surface area contributed by atoms with Crippen LogP contribution in [0, 0.1) is 13.8 Å². The highest BCUT2D eigenvalue weighted by atomic mass is 15.3. The molecule has 0 atom stereocenters. The third-order valence-electron chi connectivity index (χ3n) is 5.58.